The molecule has 6 rings (SSSR count). The SMILES string of the molecule is C=C1CCC[C@]2(C)CC[C@@H](C(C)C)[C@H](NC(=O)[C@H]3CC(O)C[C@@H](C(=O)N[C@@H]4[C@H]5C(=C)CCC[C@]5(C)CC[C@H]4C(C)C)N3CC(=O)NCCc3ccccc3)[C@@H]12. The van der Waals surface area contributed by atoms with E-state index in [-0.39, 0.29) is 83.7 Å². The van der Waals surface area contributed by atoms with E-state index >= 15 is 0 Å². The Balaban J connectivity index is 1.28. The number of amides is 3. The highest BCUT2D eigenvalue weighted by atomic mass is 16.3. The van der Waals surface area contributed by atoms with Crippen LogP contribution in [0, 0.1) is 46.3 Å². The number of benzene rings is 1. The average Bonchev–Trinajstić information content (AvgIpc) is 3.12. The lowest BCUT2D eigenvalue weighted by molar-refractivity contribution is -0.144. The van der Waals surface area contributed by atoms with Gasteiger partial charge < -0.3 is 21.1 Å². The molecule has 8 nitrogen and oxygen atoms in total. The second-order valence-corrected chi connectivity index (χ2v) is 19.7. The fraction of sp³-hybridized carbons (Fsp3) is 0.723. The first-order valence-corrected chi connectivity index (χ1v) is 21.8. The Bertz CT molecular complexity index is 1470. The van der Waals surface area contributed by atoms with Gasteiger partial charge in [0.05, 0.1) is 24.7 Å². The summed E-state index contributed by atoms with van der Waals surface area (Å²) < 4.78 is 0. The summed E-state index contributed by atoms with van der Waals surface area (Å²) >= 11 is 0. The second-order valence-electron chi connectivity index (χ2n) is 19.7. The number of nitrogens with zero attached hydrogens (tertiary/aromatic N) is 1. The van der Waals surface area contributed by atoms with Crippen molar-refractivity contribution in [1.29, 1.82) is 0 Å². The lowest BCUT2D eigenvalue weighted by Gasteiger charge is -2.55. The van der Waals surface area contributed by atoms with E-state index in [2.05, 4.69) is 70.7 Å². The van der Waals surface area contributed by atoms with E-state index in [9.17, 15) is 19.5 Å². The van der Waals surface area contributed by atoms with Crippen LogP contribution in [0.3, 0.4) is 0 Å². The Kier molecular flexibility index (Phi) is 13.1. The number of hydrogen-bond acceptors (Lipinski definition) is 5. The summed E-state index contributed by atoms with van der Waals surface area (Å²) in [6.07, 6.45) is 10.9. The minimum Gasteiger partial charge on any atom is -0.393 e. The van der Waals surface area contributed by atoms with E-state index in [0.29, 0.717) is 24.8 Å². The molecule has 1 unspecified atom stereocenters. The van der Waals surface area contributed by atoms with Crippen LogP contribution in [0.25, 0.3) is 0 Å². The van der Waals surface area contributed by atoms with Crippen molar-refractivity contribution < 1.29 is 19.5 Å². The van der Waals surface area contributed by atoms with Crippen LogP contribution >= 0.6 is 0 Å². The molecule has 55 heavy (non-hydrogen) atoms. The molecule has 4 aliphatic carbocycles. The number of fused-ring (bicyclic) bond motifs is 2. The fourth-order valence-corrected chi connectivity index (χ4v) is 12.3. The molecule has 0 radical (unpaired) electrons. The minimum absolute atomic E-state index is 0.0794. The zero-order valence-corrected chi connectivity index (χ0v) is 34.9. The monoisotopic (exact) mass is 757 g/mol. The first-order valence-electron chi connectivity index (χ1n) is 21.8. The third kappa shape index (κ3) is 8.96. The van der Waals surface area contributed by atoms with Crippen LogP contribution in [-0.4, -0.2) is 71.1 Å². The van der Waals surface area contributed by atoms with Gasteiger partial charge >= 0.3 is 0 Å². The van der Waals surface area contributed by atoms with Gasteiger partial charge in [0.15, 0.2) is 0 Å². The van der Waals surface area contributed by atoms with Gasteiger partial charge in [-0.25, -0.2) is 0 Å². The third-order valence-electron chi connectivity index (χ3n) is 15.2. The Hall–Kier alpha value is -2.97. The van der Waals surface area contributed by atoms with Crippen LogP contribution in [-0.2, 0) is 20.8 Å². The molecule has 5 aliphatic rings. The highest BCUT2D eigenvalue weighted by Gasteiger charge is 2.53. The molecule has 4 N–H and O–H groups in total. The number of rotatable bonds is 11. The van der Waals surface area contributed by atoms with Crippen molar-refractivity contribution in [3.8, 4) is 0 Å². The maximum Gasteiger partial charge on any atom is 0.237 e. The molecule has 8 heteroatoms. The topological polar surface area (TPSA) is 111 Å². The van der Waals surface area contributed by atoms with E-state index in [4.69, 9.17) is 0 Å². The number of carbonyl (C=O) groups excluding carboxylic acids is 3. The third-order valence-corrected chi connectivity index (χ3v) is 15.2. The van der Waals surface area contributed by atoms with Crippen LogP contribution < -0.4 is 16.0 Å². The minimum atomic E-state index is -0.854. The summed E-state index contributed by atoms with van der Waals surface area (Å²) in [6, 6.07) is 8.21. The molecular formula is C47H72N4O4. The summed E-state index contributed by atoms with van der Waals surface area (Å²) in [4.78, 5) is 45.4. The number of piperidine rings is 1. The van der Waals surface area contributed by atoms with E-state index < -0.39 is 18.2 Å². The lowest BCUT2D eigenvalue weighted by atomic mass is 9.53. The van der Waals surface area contributed by atoms with Gasteiger partial charge in [0.2, 0.25) is 17.7 Å². The van der Waals surface area contributed by atoms with Gasteiger partial charge in [-0.05, 0) is 124 Å². The van der Waals surface area contributed by atoms with Gasteiger partial charge in [-0.1, -0.05) is 96.2 Å². The van der Waals surface area contributed by atoms with Gasteiger partial charge in [-0.3, -0.25) is 19.3 Å². The van der Waals surface area contributed by atoms with Gasteiger partial charge in [-0.2, -0.15) is 0 Å². The normalized spacial score (nSPS) is 36.9. The highest BCUT2D eigenvalue weighted by Crippen LogP contribution is 2.56. The van der Waals surface area contributed by atoms with Gasteiger partial charge in [0.25, 0.3) is 0 Å². The average molecular weight is 757 g/mol. The first kappa shape index (κ1) is 41.7. The lowest BCUT2D eigenvalue weighted by Crippen LogP contribution is -2.66. The fourth-order valence-electron chi connectivity index (χ4n) is 12.3. The summed E-state index contributed by atoms with van der Waals surface area (Å²) in [7, 11) is 0. The number of aliphatic hydroxyl groups excluding tert-OH is 1. The van der Waals surface area contributed by atoms with E-state index in [1.807, 2.05) is 35.2 Å². The van der Waals surface area contributed by atoms with Gasteiger partial charge in [0, 0.05) is 30.5 Å². The largest absolute Gasteiger partial charge is 0.393 e. The maximum absolute atomic E-state index is 14.9. The van der Waals surface area contributed by atoms with Crippen molar-refractivity contribution in [2.24, 2.45) is 46.3 Å². The van der Waals surface area contributed by atoms with E-state index in [1.165, 1.54) is 11.1 Å². The molecule has 3 amide bonds. The molecule has 0 spiro atoms. The molecule has 1 saturated heterocycles. The Morgan fingerprint density at radius 3 is 1.71 bits per heavy atom. The predicted octanol–water partition coefficient (Wildman–Crippen LogP) is 7.37. The molecular weight excluding hydrogens is 685 g/mol. The number of hydrogen-bond donors (Lipinski definition) is 4. The molecule has 0 aromatic heterocycles. The van der Waals surface area contributed by atoms with E-state index in [1.54, 1.807) is 0 Å². The van der Waals surface area contributed by atoms with Crippen molar-refractivity contribution >= 4 is 17.7 Å². The van der Waals surface area contributed by atoms with Crippen LogP contribution in [0.2, 0.25) is 0 Å². The molecule has 1 heterocycles. The Morgan fingerprint density at radius 1 is 0.782 bits per heavy atom. The predicted molar refractivity (Wildman–Crippen MR) is 221 cm³/mol. The van der Waals surface area contributed by atoms with E-state index in [0.717, 1.165) is 69.8 Å². The summed E-state index contributed by atoms with van der Waals surface area (Å²) in [5.41, 5.74) is 3.74. The highest BCUT2D eigenvalue weighted by molar-refractivity contribution is 5.88. The Labute approximate surface area is 332 Å². The van der Waals surface area contributed by atoms with Crippen LogP contribution in [0.1, 0.15) is 124 Å². The molecule has 1 aliphatic heterocycles. The smallest absolute Gasteiger partial charge is 0.237 e. The summed E-state index contributed by atoms with van der Waals surface area (Å²) in [5.74, 6) is 1.05. The number of aliphatic hydroxyl groups is 1. The van der Waals surface area contributed by atoms with Crippen molar-refractivity contribution in [2.45, 2.75) is 155 Å². The molecule has 5 fully saturated rings. The molecule has 0 bridgehead atoms. The molecule has 11 atom stereocenters. The van der Waals surface area contributed by atoms with Gasteiger partial charge in [-0.15, -0.1) is 0 Å². The second kappa shape index (κ2) is 17.3. The summed E-state index contributed by atoms with van der Waals surface area (Å²) in [5, 5.41) is 21.7. The molecule has 4 saturated carbocycles. The molecule has 1 aromatic rings. The summed E-state index contributed by atoms with van der Waals surface area (Å²) in [6.45, 7) is 23.2. The number of likely N-dealkylation sites (tertiary alicyclic amines) is 1. The van der Waals surface area contributed by atoms with Crippen molar-refractivity contribution in [1.82, 2.24) is 20.9 Å². The van der Waals surface area contributed by atoms with Crippen LogP contribution in [0.5, 0.6) is 0 Å². The number of nitrogens with one attached hydrogen (secondary N) is 3. The molecule has 1 aromatic carbocycles. The Morgan fingerprint density at radius 2 is 1.25 bits per heavy atom. The molecule has 304 valence electrons. The van der Waals surface area contributed by atoms with Crippen LogP contribution in [0.15, 0.2) is 54.6 Å². The quantitative estimate of drug-likeness (QED) is 0.177. The van der Waals surface area contributed by atoms with Crippen molar-refractivity contribution in [2.75, 3.05) is 13.1 Å². The zero-order chi connectivity index (χ0) is 39.7. The maximum atomic E-state index is 14.9. The zero-order valence-electron chi connectivity index (χ0n) is 34.9. The van der Waals surface area contributed by atoms with Crippen molar-refractivity contribution in [3.05, 3.63) is 60.2 Å². The number of carbonyl (C=O) groups is 3. The first-order chi connectivity index (χ1) is 26.1. The standard InChI is InChI=1S/C47H72N4O4/c1-29(2)35-18-23-46(7)21-12-14-31(5)40(46)42(35)49-44(54)37-26-34(52)27-38(51(37)28-39(53)48-25-20-33-16-10-9-11-17-33)45(55)50-43-36(30(3)4)19-24-47(8)22-13-15-32(6)41(43)47/h9-11,16-17,29-30,34-38,40-43,52H,5-6,12-15,18-28H2,1-4,7-8H3,(H,48,53)(H,49,54)(H,50,55)/t34?,35-,36-,37-,38+,40+,41+,42-,43-,46+,47+/m0/s1. The van der Waals surface area contributed by atoms with Gasteiger partial charge in [0.1, 0.15) is 0 Å². The van der Waals surface area contributed by atoms with Crippen LogP contribution in [0.4, 0.5) is 0 Å². The van der Waals surface area contributed by atoms with Crippen molar-refractivity contribution in [3.63, 3.8) is 0 Å².